The number of carbonyl (C=O) groups excluding carboxylic acids is 1. The van der Waals surface area contributed by atoms with Gasteiger partial charge < -0.3 is 15.1 Å². The Morgan fingerprint density at radius 1 is 1.15 bits per heavy atom. The van der Waals surface area contributed by atoms with Crippen LogP contribution in [0.3, 0.4) is 0 Å². The van der Waals surface area contributed by atoms with Gasteiger partial charge in [-0.2, -0.15) is 5.26 Å². The van der Waals surface area contributed by atoms with Crippen LogP contribution in [0.15, 0.2) is 30.5 Å². The van der Waals surface area contributed by atoms with Crippen LogP contribution in [-0.2, 0) is 0 Å². The number of hydrogen-bond acceptors (Lipinski definition) is 7. The maximum atomic E-state index is 12.8. The summed E-state index contributed by atoms with van der Waals surface area (Å²) in [5, 5.41) is 12.4. The highest BCUT2D eigenvalue weighted by Crippen LogP contribution is 2.17. The molecule has 0 atom stereocenters. The Labute approximate surface area is 202 Å². The van der Waals surface area contributed by atoms with Crippen molar-refractivity contribution in [2.45, 2.75) is 20.8 Å². The number of anilines is 2. The zero-order valence-corrected chi connectivity index (χ0v) is 20.7. The number of nitriles is 1. The molecule has 0 radical (unpaired) electrons. The summed E-state index contributed by atoms with van der Waals surface area (Å²) >= 11 is 0. The molecule has 1 N–H and O–H groups in total. The molecule has 1 amide bonds. The average Bonchev–Trinajstić information content (AvgIpc) is 2.82. The van der Waals surface area contributed by atoms with E-state index in [1.54, 1.807) is 6.20 Å². The van der Waals surface area contributed by atoms with Crippen LogP contribution in [0.2, 0.25) is 0 Å². The first kappa shape index (κ1) is 25.0. The normalized spacial score (nSPS) is 14.1. The van der Waals surface area contributed by atoms with Gasteiger partial charge in [0.05, 0.1) is 12.1 Å². The Morgan fingerprint density at radius 3 is 2.41 bits per heavy atom. The van der Waals surface area contributed by atoms with E-state index in [-0.39, 0.29) is 17.1 Å². The summed E-state index contributed by atoms with van der Waals surface area (Å²) in [5.41, 5.74) is 2.53. The molecular formula is C26H33N7O. The maximum Gasteiger partial charge on any atom is 0.253 e. The summed E-state index contributed by atoms with van der Waals surface area (Å²) in [4.78, 5) is 27.3. The number of nitrogens with zero attached hydrogens (tertiary/aromatic N) is 6. The molecule has 3 rings (SSSR count). The number of hydrogen-bond donors (Lipinski definition) is 1. The highest BCUT2D eigenvalue weighted by Gasteiger charge is 2.21. The summed E-state index contributed by atoms with van der Waals surface area (Å²) < 4.78 is 0. The number of carbonyl (C=O) groups is 1. The van der Waals surface area contributed by atoms with Gasteiger partial charge in [-0.05, 0) is 29.7 Å². The Hall–Kier alpha value is -3.62. The second-order valence-corrected chi connectivity index (χ2v) is 9.79. The highest BCUT2D eigenvalue weighted by molar-refractivity contribution is 5.94. The number of nitrogens with one attached hydrogen (secondary N) is 1. The summed E-state index contributed by atoms with van der Waals surface area (Å²) in [7, 11) is 3.97. The number of piperazine rings is 1. The first-order chi connectivity index (χ1) is 16.2. The summed E-state index contributed by atoms with van der Waals surface area (Å²) in [5.74, 6) is 7.13. The van der Waals surface area contributed by atoms with Gasteiger partial charge in [0, 0.05) is 64.3 Å². The predicted molar refractivity (Wildman–Crippen MR) is 135 cm³/mol. The van der Waals surface area contributed by atoms with Gasteiger partial charge >= 0.3 is 0 Å². The van der Waals surface area contributed by atoms with E-state index >= 15 is 0 Å². The van der Waals surface area contributed by atoms with Gasteiger partial charge in [0.25, 0.3) is 5.91 Å². The number of benzene rings is 1. The topological polar surface area (TPSA) is 88.4 Å². The zero-order valence-electron chi connectivity index (χ0n) is 20.7. The SMILES string of the molecule is CN(C)c1ccc(C(=O)N2CCN(CC#Cc3cnc(C#N)nc3NCC(C)(C)C)CC2)cc1. The molecule has 8 nitrogen and oxygen atoms in total. The molecule has 0 aliphatic carbocycles. The molecule has 2 aromatic rings. The third kappa shape index (κ3) is 6.94. The van der Waals surface area contributed by atoms with E-state index in [0.717, 1.165) is 24.3 Å². The smallest absolute Gasteiger partial charge is 0.253 e. The monoisotopic (exact) mass is 459 g/mol. The highest BCUT2D eigenvalue weighted by atomic mass is 16.2. The molecule has 0 unspecified atom stereocenters. The second-order valence-electron chi connectivity index (χ2n) is 9.79. The Balaban J connectivity index is 1.56. The molecule has 1 aromatic heterocycles. The van der Waals surface area contributed by atoms with Crippen molar-refractivity contribution in [3.8, 4) is 17.9 Å². The predicted octanol–water partition coefficient (Wildman–Crippen LogP) is 2.68. The fourth-order valence-electron chi connectivity index (χ4n) is 3.45. The third-order valence-electron chi connectivity index (χ3n) is 5.49. The fraction of sp³-hybridized carbons (Fsp3) is 0.462. The number of rotatable bonds is 5. The Kier molecular flexibility index (Phi) is 8.09. The van der Waals surface area contributed by atoms with Crippen LogP contribution in [0, 0.1) is 28.6 Å². The molecule has 0 bridgehead atoms. The van der Waals surface area contributed by atoms with Gasteiger partial charge in [-0.3, -0.25) is 9.69 Å². The summed E-state index contributed by atoms with van der Waals surface area (Å²) in [6, 6.07) is 9.70. The van der Waals surface area contributed by atoms with E-state index < -0.39 is 0 Å². The number of amides is 1. The van der Waals surface area contributed by atoms with Gasteiger partial charge in [0.15, 0.2) is 0 Å². The van der Waals surface area contributed by atoms with Crippen molar-refractivity contribution in [1.29, 1.82) is 5.26 Å². The van der Waals surface area contributed by atoms with E-state index in [1.807, 2.05) is 54.2 Å². The van der Waals surface area contributed by atoms with Gasteiger partial charge in [-0.1, -0.05) is 32.6 Å². The molecule has 1 aliphatic heterocycles. The minimum atomic E-state index is 0.0634. The van der Waals surface area contributed by atoms with Crippen LogP contribution < -0.4 is 10.2 Å². The fourth-order valence-corrected chi connectivity index (χ4v) is 3.45. The van der Waals surface area contributed by atoms with Crippen molar-refractivity contribution < 1.29 is 4.79 Å². The van der Waals surface area contributed by atoms with Crippen LogP contribution in [0.5, 0.6) is 0 Å². The van der Waals surface area contributed by atoms with Crippen LogP contribution in [-0.4, -0.2) is 79.0 Å². The number of aromatic nitrogens is 2. The summed E-state index contributed by atoms with van der Waals surface area (Å²) in [6.07, 6.45) is 1.60. The molecule has 34 heavy (non-hydrogen) atoms. The molecule has 1 aliphatic rings. The van der Waals surface area contributed by atoms with Crippen molar-refractivity contribution in [1.82, 2.24) is 19.8 Å². The lowest BCUT2D eigenvalue weighted by molar-refractivity contribution is 0.0652. The van der Waals surface area contributed by atoms with Crippen LogP contribution >= 0.6 is 0 Å². The molecular weight excluding hydrogens is 426 g/mol. The van der Waals surface area contributed by atoms with Crippen molar-refractivity contribution >= 4 is 17.4 Å². The lowest BCUT2D eigenvalue weighted by Gasteiger charge is -2.33. The molecule has 0 saturated carbocycles. The van der Waals surface area contributed by atoms with E-state index in [1.165, 1.54) is 0 Å². The van der Waals surface area contributed by atoms with Crippen LogP contribution in [0.4, 0.5) is 11.5 Å². The van der Waals surface area contributed by atoms with E-state index in [0.29, 0.717) is 37.6 Å². The van der Waals surface area contributed by atoms with Crippen LogP contribution in [0.1, 0.15) is 42.5 Å². The van der Waals surface area contributed by atoms with Gasteiger partial charge in [0.2, 0.25) is 5.82 Å². The molecule has 1 aromatic carbocycles. The van der Waals surface area contributed by atoms with Crippen molar-refractivity contribution in [3.63, 3.8) is 0 Å². The lowest BCUT2D eigenvalue weighted by atomic mass is 9.97. The van der Waals surface area contributed by atoms with E-state index in [2.05, 4.69) is 52.8 Å². The molecule has 178 valence electrons. The maximum absolute atomic E-state index is 12.8. The van der Waals surface area contributed by atoms with Crippen molar-refractivity contribution in [3.05, 3.63) is 47.4 Å². The minimum Gasteiger partial charge on any atom is -0.378 e. The lowest BCUT2D eigenvalue weighted by Crippen LogP contribution is -2.48. The van der Waals surface area contributed by atoms with Gasteiger partial charge in [0.1, 0.15) is 11.9 Å². The first-order valence-corrected chi connectivity index (χ1v) is 11.5. The first-order valence-electron chi connectivity index (χ1n) is 11.5. The van der Waals surface area contributed by atoms with Crippen LogP contribution in [0.25, 0.3) is 0 Å². The molecule has 0 spiro atoms. The Morgan fingerprint density at radius 2 is 1.82 bits per heavy atom. The van der Waals surface area contributed by atoms with Gasteiger partial charge in [-0.25, -0.2) is 9.97 Å². The summed E-state index contributed by atoms with van der Waals surface area (Å²) in [6.45, 7) is 10.6. The molecule has 1 saturated heterocycles. The van der Waals surface area contributed by atoms with Crippen molar-refractivity contribution in [2.24, 2.45) is 5.41 Å². The zero-order chi connectivity index (χ0) is 24.7. The largest absolute Gasteiger partial charge is 0.378 e. The Bertz CT molecular complexity index is 1090. The molecule has 1 fully saturated rings. The van der Waals surface area contributed by atoms with E-state index in [4.69, 9.17) is 5.26 Å². The minimum absolute atomic E-state index is 0.0634. The quantitative estimate of drug-likeness (QED) is 0.688. The molecule has 2 heterocycles. The third-order valence-corrected chi connectivity index (χ3v) is 5.49. The standard InChI is InChI=1S/C26H33N7O/c1-26(2,3)19-29-24-21(18-28-23(17-27)30-24)7-6-12-32-13-15-33(16-14-32)25(34)20-8-10-22(11-9-20)31(4)5/h8-11,18H,12-16,19H2,1-5H3,(H,28,29,30). The van der Waals surface area contributed by atoms with E-state index in [9.17, 15) is 4.79 Å². The second kappa shape index (κ2) is 11.0. The average molecular weight is 460 g/mol. The van der Waals surface area contributed by atoms with Gasteiger partial charge in [-0.15, -0.1) is 0 Å². The van der Waals surface area contributed by atoms with Crippen molar-refractivity contribution in [2.75, 3.05) is 63.6 Å². The molecule has 8 heteroatoms.